The number of nitrogens with one attached hydrogen (secondary N) is 2. The molecule has 3 amide bonds. The molecule has 1 saturated heterocycles. The number of hydrogen-bond donors (Lipinski definition) is 2. The molecule has 0 radical (unpaired) electrons. The highest BCUT2D eigenvalue weighted by Crippen LogP contribution is 2.29. The molecule has 1 atom stereocenters. The number of cyclic esters (lactones) is 1. The maximum atomic E-state index is 14.9. The number of amides is 3. The zero-order valence-electron chi connectivity index (χ0n) is 18.9. The summed E-state index contributed by atoms with van der Waals surface area (Å²) in [5.41, 5.74) is 2.91. The van der Waals surface area contributed by atoms with E-state index in [4.69, 9.17) is 4.74 Å². The fourth-order valence-electron chi connectivity index (χ4n) is 3.77. The van der Waals surface area contributed by atoms with Crippen LogP contribution < -0.4 is 15.5 Å². The summed E-state index contributed by atoms with van der Waals surface area (Å²) >= 11 is 0. The van der Waals surface area contributed by atoms with Gasteiger partial charge in [-0.1, -0.05) is 24.3 Å². The first-order valence-corrected chi connectivity index (χ1v) is 10.8. The number of carbonyl (C=O) groups is 3. The molecule has 1 fully saturated rings. The van der Waals surface area contributed by atoms with E-state index >= 15 is 0 Å². The second-order valence-corrected chi connectivity index (χ2v) is 8.10. The van der Waals surface area contributed by atoms with Crippen LogP contribution in [0.15, 0.2) is 60.8 Å². The molecule has 2 aromatic carbocycles. The van der Waals surface area contributed by atoms with Crippen molar-refractivity contribution in [2.75, 3.05) is 18.0 Å². The fraction of sp³-hybridized carbons (Fsp3) is 0.240. The Kier molecular flexibility index (Phi) is 6.62. The molecular formula is C25H25FN4O4. The highest BCUT2D eigenvalue weighted by molar-refractivity contribution is 5.92. The van der Waals surface area contributed by atoms with Crippen LogP contribution >= 0.6 is 0 Å². The lowest BCUT2D eigenvalue weighted by Gasteiger charge is -2.15. The van der Waals surface area contributed by atoms with E-state index in [9.17, 15) is 18.8 Å². The van der Waals surface area contributed by atoms with Gasteiger partial charge in [0.1, 0.15) is 17.6 Å². The Balaban J connectivity index is 1.40. The van der Waals surface area contributed by atoms with Crippen LogP contribution in [0.3, 0.4) is 0 Å². The van der Waals surface area contributed by atoms with Crippen LogP contribution in [0.4, 0.5) is 14.9 Å². The van der Waals surface area contributed by atoms with Crippen LogP contribution in [0.25, 0.3) is 11.1 Å². The summed E-state index contributed by atoms with van der Waals surface area (Å²) in [4.78, 5) is 36.8. The lowest BCUT2D eigenvalue weighted by molar-refractivity contribution is -0.119. The summed E-state index contributed by atoms with van der Waals surface area (Å²) in [6.45, 7) is 2.16. The van der Waals surface area contributed by atoms with Crippen LogP contribution in [0, 0.1) is 5.82 Å². The van der Waals surface area contributed by atoms with Gasteiger partial charge in [0.2, 0.25) is 5.91 Å². The number of carbonyl (C=O) groups excluding carboxylic acids is 3. The number of anilines is 1. The van der Waals surface area contributed by atoms with Gasteiger partial charge in [0.15, 0.2) is 0 Å². The Morgan fingerprint density at radius 3 is 2.53 bits per heavy atom. The topological polar surface area (TPSA) is 92.7 Å². The SMILES string of the molecule is CC(=O)NC[C@H]1CN(c2ccc(-c3ccc(CNC(=O)c4cccn4C)cc3)c(F)c2)C(=O)O1. The number of halogens is 1. The molecule has 8 nitrogen and oxygen atoms in total. The third-order valence-electron chi connectivity index (χ3n) is 5.61. The minimum atomic E-state index is -0.579. The molecular weight excluding hydrogens is 439 g/mol. The molecule has 0 bridgehead atoms. The number of nitrogens with zero attached hydrogens (tertiary/aromatic N) is 2. The molecule has 0 unspecified atom stereocenters. The molecule has 2 N–H and O–H groups in total. The third kappa shape index (κ3) is 5.09. The van der Waals surface area contributed by atoms with Crippen LogP contribution in [0.5, 0.6) is 0 Å². The normalized spacial score (nSPS) is 15.2. The first-order chi connectivity index (χ1) is 16.3. The van der Waals surface area contributed by atoms with Crippen molar-refractivity contribution in [1.82, 2.24) is 15.2 Å². The Hall–Kier alpha value is -4.14. The molecule has 1 aliphatic heterocycles. The molecule has 0 spiro atoms. The summed E-state index contributed by atoms with van der Waals surface area (Å²) in [5.74, 6) is -0.854. The van der Waals surface area contributed by atoms with Gasteiger partial charge in [-0.05, 0) is 41.5 Å². The van der Waals surface area contributed by atoms with E-state index < -0.39 is 18.0 Å². The number of hydrogen-bond acceptors (Lipinski definition) is 4. The molecule has 2 heterocycles. The van der Waals surface area contributed by atoms with Crippen molar-refractivity contribution in [2.24, 2.45) is 7.05 Å². The van der Waals surface area contributed by atoms with Crippen molar-refractivity contribution in [3.8, 4) is 11.1 Å². The number of aryl methyl sites for hydroxylation is 1. The molecule has 176 valence electrons. The second kappa shape index (κ2) is 9.78. The number of aromatic nitrogens is 1. The highest BCUT2D eigenvalue weighted by Gasteiger charge is 2.32. The minimum Gasteiger partial charge on any atom is -0.442 e. The quantitative estimate of drug-likeness (QED) is 0.562. The van der Waals surface area contributed by atoms with Gasteiger partial charge in [0.05, 0.1) is 18.8 Å². The van der Waals surface area contributed by atoms with Gasteiger partial charge in [-0.25, -0.2) is 9.18 Å². The van der Waals surface area contributed by atoms with Gasteiger partial charge >= 0.3 is 6.09 Å². The summed E-state index contributed by atoms with van der Waals surface area (Å²) < 4.78 is 21.9. The molecule has 34 heavy (non-hydrogen) atoms. The summed E-state index contributed by atoms with van der Waals surface area (Å²) in [5, 5.41) is 5.48. The van der Waals surface area contributed by atoms with Gasteiger partial charge in [-0.15, -0.1) is 0 Å². The average Bonchev–Trinajstić information content (AvgIpc) is 3.41. The molecule has 9 heteroatoms. The van der Waals surface area contributed by atoms with E-state index in [2.05, 4.69) is 10.6 Å². The first kappa shape index (κ1) is 23.0. The van der Waals surface area contributed by atoms with Crippen molar-refractivity contribution in [1.29, 1.82) is 0 Å². The molecule has 1 aliphatic rings. The Morgan fingerprint density at radius 1 is 1.12 bits per heavy atom. The molecule has 4 rings (SSSR count). The van der Waals surface area contributed by atoms with E-state index in [0.29, 0.717) is 29.1 Å². The van der Waals surface area contributed by atoms with Crippen molar-refractivity contribution in [3.05, 3.63) is 77.9 Å². The van der Waals surface area contributed by atoms with Crippen LogP contribution in [-0.4, -0.2) is 41.7 Å². The van der Waals surface area contributed by atoms with E-state index in [0.717, 1.165) is 5.56 Å². The predicted molar refractivity (Wildman–Crippen MR) is 125 cm³/mol. The monoisotopic (exact) mass is 464 g/mol. The van der Waals surface area contributed by atoms with E-state index in [1.54, 1.807) is 54.2 Å². The van der Waals surface area contributed by atoms with Gasteiger partial charge in [0, 0.05) is 32.3 Å². The van der Waals surface area contributed by atoms with Gasteiger partial charge in [0.25, 0.3) is 5.91 Å². The standard InChI is InChI=1S/C25H25FN4O4/c1-16(31)27-14-20-15-30(25(33)34-20)19-9-10-21(22(26)12-19)18-7-5-17(6-8-18)13-28-24(32)23-4-3-11-29(23)2/h3-12,20H,13-15H2,1-2H3,(H,27,31)(H,28,32)/t20-/m0/s1. The maximum Gasteiger partial charge on any atom is 0.414 e. The van der Waals surface area contributed by atoms with Crippen molar-refractivity contribution >= 4 is 23.6 Å². The lowest BCUT2D eigenvalue weighted by atomic mass is 10.0. The van der Waals surface area contributed by atoms with Crippen LogP contribution in [0.2, 0.25) is 0 Å². The molecule has 3 aromatic rings. The summed E-state index contributed by atoms with van der Waals surface area (Å²) in [6, 6.07) is 15.4. The molecule has 0 saturated carbocycles. The van der Waals surface area contributed by atoms with E-state index in [1.807, 2.05) is 12.1 Å². The summed E-state index contributed by atoms with van der Waals surface area (Å²) in [7, 11) is 1.81. The number of benzene rings is 2. The van der Waals surface area contributed by atoms with Gasteiger partial charge < -0.3 is 19.9 Å². The first-order valence-electron chi connectivity index (χ1n) is 10.8. The van der Waals surface area contributed by atoms with Crippen LogP contribution in [-0.2, 0) is 23.1 Å². The minimum absolute atomic E-state index is 0.169. The van der Waals surface area contributed by atoms with Gasteiger partial charge in [-0.2, -0.15) is 0 Å². The lowest BCUT2D eigenvalue weighted by Crippen LogP contribution is -2.33. The maximum absolute atomic E-state index is 14.9. The number of ether oxygens (including phenoxy) is 1. The third-order valence-corrected chi connectivity index (χ3v) is 5.61. The zero-order valence-corrected chi connectivity index (χ0v) is 18.9. The summed E-state index contributed by atoms with van der Waals surface area (Å²) in [6.07, 6.45) is 0.735. The van der Waals surface area contributed by atoms with Crippen molar-refractivity contribution in [2.45, 2.75) is 19.6 Å². The van der Waals surface area contributed by atoms with Crippen molar-refractivity contribution < 1.29 is 23.5 Å². The molecule has 1 aromatic heterocycles. The van der Waals surface area contributed by atoms with E-state index in [-0.39, 0.29) is 24.9 Å². The van der Waals surface area contributed by atoms with Crippen molar-refractivity contribution in [3.63, 3.8) is 0 Å². The highest BCUT2D eigenvalue weighted by atomic mass is 19.1. The number of rotatable bonds is 7. The predicted octanol–water partition coefficient (Wildman–Crippen LogP) is 3.22. The van der Waals surface area contributed by atoms with E-state index in [1.165, 1.54) is 17.9 Å². The fourth-order valence-corrected chi connectivity index (χ4v) is 3.77. The zero-order chi connectivity index (χ0) is 24.2. The average molecular weight is 464 g/mol. The second-order valence-electron chi connectivity index (χ2n) is 8.10. The largest absolute Gasteiger partial charge is 0.442 e. The van der Waals surface area contributed by atoms with Gasteiger partial charge in [-0.3, -0.25) is 14.5 Å². The Labute approximate surface area is 196 Å². The molecule has 0 aliphatic carbocycles. The Bertz CT molecular complexity index is 1220. The van der Waals surface area contributed by atoms with Crippen LogP contribution in [0.1, 0.15) is 23.0 Å². The smallest absolute Gasteiger partial charge is 0.414 e. The Morgan fingerprint density at radius 2 is 1.88 bits per heavy atom.